The van der Waals surface area contributed by atoms with Gasteiger partial charge in [-0.15, -0.1) is 0 Å². The molecule has 0 fully saturated rings. The summed E-state index contributed by atoms with van der Waals surface area (Å²) in [6, 6.07) is 0. The van der Waals surface area contributed by atoms with Crippen LogP contribution in [-0.2, 0) is 0 Å². The summed E-state index contributed by atoms with van der Waals surface area (Å²) in [4.78, 5) is 21.3. The molecule has 0 aliphatic carbocycles. The molecule has 72 valence electrons. The largest absolute Gasteiger partial charge is 0.465 e. The van der Waals surface area contributed by atoms with Gasteiger partial charge in [0.25, 0.3) is 0 Å². The third kappa shape index (κ3) is 1.87. The Morgan fingerprint density at radius 2 is 2.29 bits per heavy atom. The Balaban J connectivity index is 3.19. The smallest absolute Gasteiger partial charge is 0.412 e. The Bertz CT molecular complexity index is 399. The van der Waals surface area contributed by atoms with E-state index in [1.807, 2.05) is 0 Å². The van der Waals surface area contributed by atoms with Gasteiger partial charge in [-0.05, 0) is 10.6 Å². The summed E-state index contributed by atoms with van der Waals surface area (Å²) in [6.07, 6.45) is 1.41. The van der Waals surface area contributed by atoms with E-state index in [4.69, 9.17) is 10.6 Å². The van der Waals surface area contributed by atoms with E-state index in [-0.39, 0.29) is 11.6 Å². The second kappa shape index (κ2) is 4.06. The first-order valence-corrected chi connectivity index (χ1v) is 3.49. The minimum absolute atomic E-state index is 0.00204. The van der Waals surface area contributed by atoms with Gasteiger partial charge in [-0.2, -0.15) is 0 Å². The van der Waals surface area contributed by atoms with Crippen LogP contribution >= 0.6 is 0 Å². The molecule has 1 aromatic rings. The third-order valence-corrected chi connectivity index (χ3v) is 1.40. The number of anilines is 1. The minimum Gasteiger partial charge on any atom is -0.465 e. The zero-order chi connectivity index (χ0) is 10.6. The minimum atomic E-state index is -1.21. The van der Waals surface area contributed by atoms with E-state index in [0.29, 0.717) is 0 Å². The quantitative estimate of drug-likeness (QED) is 0.436. The van der Waals surface area contributed by atoms with Gasteiger partial charge in [0.1, 0.15) is 0 Å². The van der Waals surface area contributed by atoms with Gasteiger partial charge in [0.15, 0.2) is 11.6 Å². The number of hydrogen-bond acceptors (Lipinski definition) is 4. The van der Waals surface area contributed by atoms with Crippen molar-refractivity contribution in [1.82, 2.24) is 9.97 Å². The first-order valence-electron chi connectivity index (χ1n) is 3.49. The fourth-order valence-electron chi connectivity index (χ4n) is 0.763. The molecule has 0 unspecified atom stereocenters. The van der Waals surface area contributed by atoms with Crippen molar-refractivity contribution in [1.29, 1.82) is 0 Å². The first-order chi connectivity index (χ1) is 6.66. The highest BCUT2D eigenvalue weighted by Gasteiger charge is 2.13. The summed E-state index contributed by atoms with van der Waals surface area (Å²) in [5.41, 5.74) is 8.19. The zero-order valence-corrected chi connectivity index (χ0v) is 7.19. The number of carbonyl (C=O) groups is 1. The lowest BCUT2D eigenvalue weighted by Crippen LogP contribution is -2.24. The van der Waals surface area contributed by atoms with Crippen LogP contribution in [0.1, 0.15) is 0 Å². The molecule has 0 aliphatic rings. The van der Waals surface area contributed by atoms with E-state index in [1.54, 1.807) is 0 Å². The predicted octanol–water partition coefficient (Wildman–Crippen LogP) is 1.53. The number of aromatic nitrogens is 2. The lowest BCUT2D eigenvalue weighted by Gasteiger charge is -2.12. The van der Waals surface area contributed by atoms with E-state index >= 15 is 0 Å². The Morgan fingerprint density at radius 3 is 2.86 bits per heavy atom. The Morgan fingerprint density at radius 1 is 1.64 bits per heavy atom. The van der Waals surface area contributed by atoms with Gasteiger partial charge >= 0.3 is 6.09 Å². The van der Waals surface area contributed by atoms with Gasteiger partial charge in [-0.3, -0.25) is 4.90 Å². The highest BCUT2D eigenvalue weighted by atomic mass is 16.4. The fourth-order valence-corrected chi connectivity index (χ4v) is 0.763. The highest BCUT2D eigenvalue weighted by molar-refractivity contribution is 5.86. The molecule has 1 rings (SSSR count). The SMILES string of the molecule is CN(C(=O)O)c1nccnc1N=[N+]=[N-]. The lowest BCUT2D eigenvalue weighted by molar-refractivity contribution is 0.203. The highest BCUT2D eigenvalue weighted by Crippen LogP contribution is 2.21. The van der Waals surface area contributed by atoms with Crippen LogP contribution < -0.4 is 4.90 Å². The molecule has 1 N–H and O–H groups in total. The van der Waals surface area contributed by atoms with Gasteiger partial charge in [0.2, 0.25) is 0 Å². The van der Waals surface area contributed by atoms with Gasteiger partial charge < -0.3 is 5.11 Å². The molecule has 0 aromatic carbocycles. The molecule has 0 spiro atoms. The molecule has 0 bridgehead atoms. The molecule has 14 heavy (non-hydrogen) atoms. The monoisotopic (exact) mass is 194 g/mol. The molecule has 0 radical (unpaired) electrons. The topological polar surface area (TPSA) is 115 Å². The second-order valence-corrected chi connectivity index (χ2v) is 2.23. The molecular formula is C6H6N6O2. The summed E-state index contributed by atoms with van der Waals surface area (Å²) in [5.74, 6) is -0.0716. The molecule has 8 nitrogen and oxygen atoms in total. The Labute approximate surface area is 78.4 Å². The fraction of sp³-hybridized carbons (Fsp3) is 0.167. The summed E-state index contributed by atoms with van der Waals surface area (Å²) >= 11 is 0. The van der Waals surface area contributed by atoms with E-state index in [0.717, 1.165) is 4.90 Å². The van der Waals surface area contributed by atoms with Gasteiger partial charge in [-0.1, -0.05) is 0 Å². The zero-order valence-electron chi connectivity index (χ0n) is 7.19. The van der Waals surface area contributed by atoms with Crippen LogP contribution in [0.4, 0.5) is 16.4 Å². The van der Waals surface area contributed by atoms with Gasteiger partial charge in [-0.25, -0.2) is 14.8 Å². The van der Waals surface area contributed by atoms with Crippen molar-refractivity contribution in [3.63, 3.8) is 0 Å². The van der Waals surface area contributed by atoms with Gasteiger partial charge in [0, 0.05) is 24.4 Å². The number of rotatable bonds is 2. The van der Waals surface area contributed by atoms with Crippen molar-refractivity contribution in [2.75, 3.05) is 11.9 Å². The van der Waals surface area contributed by atoms with E-state index in [2.05, 4.69) is 20.0 Å². The standard InChI is InChI=1S/C6H6N6O2/c1-12(6(13)14)5-4(10-11-7)8-2-3-9-5/h2-3H,1H3,(H,13,14). The number of amides is 1. The van der Waals surface area contributed by atoms with Crippen molar-refractivity contribution < 1.29 is 9.90 Å². The molecule has 1 heterocycles. The summed E-state index contributed by atoms with van der Waals surface area (Å²) in [7, 11) is 1.28. The molecule has 1 amide bonds. The van der Waals surface area contributed by atoms with Crippen LogP contribution in [0.3, 0.4) is 0 Å². The number of carboxylic acid groups (broad SMARTS) is 1. The molecule has 0 atom stereocenters. The Hall–Kier alpha value is -2.34. The molecule has 8 heteroatoms. The molecule has 0 saturated heterocycles. The summed E-state index contributed by atoms with van der Waals surface area (Å²) in [5, 5.41) is 11.9. The number of hydrogen-bond donors (Lipinski definition) is 1. The normalized spacial score (nSPS) is 8.93. The predicted molar refractivity (Wildman–Crippen MR) is 47.3 cm³/mol. The van der Waals surface area contributed by atoms with Crippen LogP contribution in [0.15, 0.2) is 17.5 Å². The van der Waals surface area contributed by atoms with Crippen molar-refractivity contribution >= 4 is 17.7 Å². The van der Waals surface area contributed by atoms with Crippen LogP contribution in [-0.4, -0.2) is 28.2 Å². The van der Waals surface area contributed by atoms with Crippen molar-refractivity contribution in [3.05, 3.63) is 22.8 Å². The van der Waals surface area contributed by atoms with Gasteiger partial charge in [0.05, 0.1) is 0 Å². The van der Waals surface area contributed by atoms with E-state index in [9.17, 15) is 4.79 Å². The van der Waals surface area contributed by atoms with Crippen LogP contribution in [0.2, 0.25) is 0 Å². The average Bonchev–Trinajstić information content (AvgIpc) is 2.18. The van der Waals surface area contributed by atoms with Crippen molar-refractivity contribution in [2.45, 2.75) is 0 Å². The molecular weight excluding hydrogens is 188 g/mol. The average molecular weight is 194 g/mol. The molecule has 0 saturated carbocycles. The molecule has 0 aliphatic heterocycles. The maximum Gasteiger partial charge on any atom is 0.412 e. The first kappa shape index (κ1) is 9.75. The van der Waals surface area contributed by atoms with Crippen LogP contribution in [0.25, 0.3) is 10.4 Å². The maximum atomic E-state index is 10.6. The third-order valence-electron chi connectivity index (χ3n) is 1.40. The summed E-state index contributed by atoms with van der Waals surface area (Å²) < 4.78 is 0. The van der Waals surface area contributed by atoms with Crippen molar-refractivity contribution in [2.24, 2.45) is 5.11 Å². The van der Waals surface area contributed by atoms with Crippen molar-refractivity contribution in [3.8, 4) is 0 Å². The summed E-state index contributed by atoms with van der Waals surface area (Å²) in [6.45, 7) is 0. The second-order valence-electron chi connectivity index (χ2n) is 2.23. The lowest BCUT2D eigenvalue weighted by atomic mass is 10.5. The van der Waals surface area contributed by atoms with E-state index < -0.39 is 6.09 Å². The van der Waals surface area contributed by atoms with Crippen LogP contribution in [0, 0.1) is 0 Å². The maximum absolute atomic E-state index is 10.6. The Kier molecular flexibility index (Phi) is 2.82. The molecule has 1 aromatic heterocycles. The number of azide groups is 1. The number of nitrogens with zero attached hydrogens (tertiary/aromatic N) is 6. The van der Waals surface area contributed by atoms with Crippen LogP contribution in [0.5, 0.6) is 0 Å². The van der Waals surface area contributed by atoms with E-state index in [1.165, 1.54) is 19.4 Å².